The van der Waals surface area contributed by atoms with Crippen molar-refractivity contribution in [2.24, 2.45) is 5.92 Å². The zero-order chi connectivity index (χ0) is 23.7. The summed E-state index contributed by atoms with van der Waals surface area (Å²) in [6, 6.07) is 15.6. The summed E-state index contributed by atoms with van der Waals surface area (Å²) in [5.41, 5.74) is 4.83. The van der Waals surface area contributed by atoms with Crippen LogP contribution in [0.4, 0.5) is 5.69 Å². The minimum absolute atomic E-state index is 0.0696. The van der Waals surface area contributed by atoms with Crippen LogP contribution in [0.2, 0.25) is 0 Å². The van der Waals surface area contributed by atoms with Gasteiger partial charge in [0.2, 0.25) is 11.8 Å². The zero-order valence-corrected chi connectivity index (χ0v) is 19.4. The van der Waals surface area contributed by atoms with Gasteiger partial charge in [-0.25, -0.2) is 0 Å². The second-order valence-electron chi connectivity index (χ2n) is 8.74. The Balaban J connectivity index is 1.22. The number of nitrogens with one attached hydrogen (secondary N) is 1. The Bertz CT molecular complexity index is 1220. The second kappa shape index (κ2) is 9.21. The number of hydrogen-bond acceptors (Lipinski definition) is 5. The highest BCUT2D eigenvalue weighted by Gasteiger charge is 2.35. The molecule has 2 aliphatic heterocycles. The Morgan fingerprint density at radius 2 is 1.85 bits per heavy atom. The number of carbonyl (C=O) groups excluding carboxylic acids is 2. The van der Waals surface area contributed by atoms with E-state index >= 15 is 0 Å². The van der Waals surface area contributed by atoms with Gasteiger partial charge in [-0.15, -0.1) is 0 Å². The minimum atomic E-state index is -0.402. The molecule has 34 heavy (non-hydrogen) atoms. The van der Waals surface area contributed by atoms with E-state index in [9.17, 15) is 9.59 Å². The topological polar surface area (TPSA) is 85.7 Å². The van der Waals surface area contributed by atoms with Crippen molar-refractivity contribution in [2.75, 3.05) is 24.7 Å². The molecule has 2 amide bonds. The van der Waals surface area contributed by atoms with E-state index in [1.54, 1.807) is 11.0 Å². The fourth-order valence-electron chi connectivity index (χ4n) is 4.55. The van der Waals surface area contributed by atoms with Crippen LogP contribution in [0, 0.1) is 19.8 Å². The van der Waals surface area contributed by atoms with Gasteiger partial charge in [0.15, 0.2) is 11.5 Å². The molecule has 1 unspecified atom stereocenters. The Morgan fingerprint density at radius 1 is 1.09 bits per heavy atom. The van der Waals surface area contributed by atoms with E-state index in [2.05, 4.69) is 22.5 Å². The third kappa shape index (κ3) is 4.35. The zero-order valence-electron chi connectivity index (χ0n) is 19.4. The lowest BCUT2D eigenvalue weighted by Crippen LogP contribution is -2.33. The van der Waals surface area contributed by atoms with Gasteiger partial charge in [-0.3, -0.25) is 14.3 Å². The third-order valence-corrected chi connectivity index (χ3v) is 6.48. The summed E-state index contributed by atoms with van der Waals surface area (Å²) in [5, 5.41) is 7.69. The standard InChI is InChI=1S/C26H28N4O4/c1-17-22(18(2)30(28-17)15-19-6-4-3-5-7-19)14-27-26(32)20-12-25(31)29(16-20)21-8-9-23-24(13-21)34-11-10-33-23/h3-9,13,20H,10-12,14-16H2,1-2H3,(H,27,32). The first kappa shape index (κ1) is 22.0. The van der Waals surface area contributed by atoms with Gasteiger partial charge in [-0.1, -0.05) is 30.3 Å². The van der Waals surface area contributed by atoms with Crippen molar-refractivity contribution in [1.82, 2.24) is 15.1 Å². The third-order valence-electron chi connectivity index (χ3n) is 6.48. The Kier molecular flexibility index (Phi) is 5.96. The lowest BCUT2D eigenvalue weighted by Gasteiger charge is -2.22. The summed E-state index contributed by atoms with van der Waals surface area (Å²) in [5.74, 6) is 0.709. The maximum atomic E-state index is 12.9. The highest BCUT2D eigenvalue weighted by Crippen LogP contribution is 2.36. The largest absolute Gasteiger partial charge is 0.486 e. The molecule has 1 aromatic heterocycles. The van der Waals surface area contributed by atoms with E-state index < -0.39 is 5.92 Å². The first-order chi connectivity index (χ1) is 16.5. The molecule has 0 radical (unpaired) electrons. The van der Waals surface area contributed by atoms with Crippen LogP contribution in [-0.2, 0) is 22.7 Å². The van der Waals surface area contributed by atoms with Crippen LogP contribution in [0.15, 0.2) is 48.5 Å². The number of benzene rings is 2. The van der Waals surface area contributed by atoms with Crippen molar-refractivity contribution in [3.05, 3.63) is 71.0 Å². The van der Waals surface area contributed by atoms with E-state index in [0.717, 1.165) is 22.6 Å². The predicted octanol–water partition coefficient (Wildman–Crippen LogP) is 2.99. The van der Waals surface area contributed by atoms with Gasteiger partial charge in [0.25, 0.3) is 0 Å². The number of fused-ring (bicyclic) bond motifs is 1. The van der Waals surface area contributed by atoms with Gasteiger partial charge < -0.3 is 19.7 Å². The van der Waals surface area contributed by atoms with E-state index in [4.69, 9.17) is 9.47 Å². The summed E-state index contributed by atoms with van der Waals surface area (Å²) in [6.07, 6.45) is 0.186. The number of carbonyl (C=O) groups is 2. The van der Waals surface area contributed by atoms with Crippen molar-refractivity contribution in [3.8, 4) is 11.5 Å². The molecule has 1 N–H and O–H groups in total. The number of rotatable bonds is 6. The summed E-state index contributed by atoms with van der Waals surface area (Å²) < 4.78 is 13.2. The molecule has 1 saturated heterocycles. The SMILES string of the molecule is Cc1nn(Cc2ccccc2)c(C)c1CNC(=O)C1CC(=O)N(c2ccc3c(c2)OCCO3)C1. The average molecular weight is 461 g/mol. The molecule has 2 aliphatic rings. The Hall–Kier alpha value is -3.81. The fourth-order valence-corrected chi connectivity index (χ4v) is 4.55. The van der Waals surface area contributed by atoms with Gasteiger partial charge in [0, 0.05) is 42.5 Å². The number of aryl methyl sites for hydroxylation is 1. The normalized spacial score (nSPS) is 17.2. The summed E-state index contributed by atoms with van der Waals surface area (Å²) in [6.45, 7) is 6.39. The van der Waals surface area contributed by atoms with Crippen LogP contribution in [-0.4, -0.2) is 41.4 Å². The van der Waals surface area contributed by atoms with Crippen LogP contribution in [0.5, 0.6) is 11.5 Å². The molecule has 176 valence electrons. The molecule has 8 heteroatoms. The smallest absolute Gasteiger partial charge is 0.227 e. The molecule has 0 saturated carbocycles. The molecule has 2 aromatic carbocycles. The lowest BCUT2D eigenvalue weighted by molar-refractivity contribution is -0.126. The van der Waals surface area contributed by atoms with E-state index in [1.165, 1.54) is 5.56 Å². The highest BCUT2D eigenvalue weighted by atomic mass is 16.6. The fraction of sp³-hybridized carbons (Fsp3) is 0.346. The molecule has 3 aromatic rings. The molecule has 1 fully saturated rings. The lowest BCUT2D eigenvalue weighted by atomic mass is 10.1. The average Bonchev–Trinajstić information content (AvgIpc) is 3.37. The van der Waals surface area contributed by atoms with Crippen LogP contribution >= 0.6 is 0 Å². The van der Waals surface area contributed by atoms with Crippen molar-refractivity contribution in [2.45, 2.75) is 33.4 Å². The van der Waals surface area contributed by atoms with Crippen molar-refractivity contribution >= 4 is 17.5 Å². The van der Waals surface area contributed by atoms with E-state index in [-0.39, 0.29) is 18.2 Å². The van der Waals surface area contributed by atoms with E-state index in [1.807, 2.05) is 48.9 Å². The minimum Gasteiger partial charge on any atom is -0.486 e. The van der Waals surface area contributed by atoms with Crippen LogP contribution in [0.3, 0.4) is 0 Å². The monoisotopic (exact) mass is 460 g/mol. The van der Waals surface area contributed by atoms with Gasteiger partial charge >= 0.3 is 0 Å². The van der Waals surface area contributed by atoms with Gasteiger partial charge in [-0.2, -0.15) is 5.10 Å². The summed E-state index contributed by atoms with van der Waals surface area (Å²) in [4.78, 5) is 27.3. The van der Waals surface area contributed by atoms with E-state index in [0.29, 0.717) is 44.3 Å². The summed E-state index contributed by atoms with van der Waals surface area (Å²) in [7, 11) is 0. The van der Waals surface area contributed by atoms with Crippen LogP contribution in [0.25, 0.3) is 0 Å². The molecular formula is C26H28N4O4. The number of nitrogens with zero attached hydrogens (tertiary/aromatic N) is 3. The highest BCUT2D eigenvalue weighted by molar-refractivity contribution is 6.00. The van der Waals surface area contributed by atoms with Gasteiger partial charge in [0.1, 0.15) is 13.2 Å². The van der Waals surface area contributed by atoms with Crippen molar-refractivity contribution in [1.29, 1.82) is 0 Å². The molecule has 8 nitrogen and oxygen atoms in total. The van der Waals surface area contributed by atoms with Gasteiger partial charge in [-0.05, 0) is 31.5 Å². The molecule has 0 bridgehead atoms. The van der Waals surface area contributed by atoms with Crippen molar-refractivity contribution < 1.29 is 19.1 Å². The maximum absolute atomic E-state index is 12.9. The first-order valence-corrected chi connectivity index (χ1v) is 11.5. The Morgan fingerprint density at radius 3 is 2.65 bits per heavy atom. The Labute approximate surface area is 198 Å². The molecular weight excluding hydrogens is 432 g/mol. The van der Waals surface area contributed by atoms with Crippen molar-refractivity contribution in [3.63, 3.8) is 0 Å². The molecule has 1 atom stereocenters. The number of ether oxygens (including phenoxy) is 2. The second-order valence-corrected chi connectivity index (χ2v) is 8.74. The quantitative estimate of drug-likeness (QED) is 0.611. The molecule has 0 aliphatic carbocycles. The molecule has 5 rings (SSSR count). The number of aromatic nitrogens is 2. The molecule has 3 heterocycles. The number of anilines is 1. The van der Waals surface area contributed by atoms with Gasteiger partial charge in [0.05, 0.1) is 18.2 Å². The predicted molar refractivity (Wildman–Crippen MR) is 127 cm³/mol. The first-order valence-electron chi connectivity index (χ1n) is 11.5. The maximum Gasteiger partial charge on any atom is 0.227 e. The number of hydrogen-bond donors (Lipinski definition) is 1. The summed E-state index contributed by atoms with van der Waals surface area (Å²) >= 11 is 0. The van der Waals surface area contributed by atoms with Crippen LogP contribution < -0.4 is 19.7 Å². The van der Waals surface area contributed by atoms with Crippen LogP contribution in [0.1, 0.15) is 28.9 Å². The number of amides is 2. The molecule has 0 spiro atoms.